The zero-order valence-electron chi connectivity index (χ0n) is 7.05. The molecule has 0 bridgehead atoms. The summed E-state index contributed by atoms with van der Waals surface area (Å²) in [5.74, 6) is -0.464. The molecule has 0 aliphatic carbocycles. The van der Waals surface area contributed by atoms with E-state index >= 15 is 0 Å². The summed E-state index contributed by atoms with van der Waals surface area (Å²) in [7, 11) is 0. The van der Waals surface area contributed by atoms with E-state index in [-0.39, 0.29) is 0 Å². The van der Waals surface area contributed by atoms with Crippen molar-refractivity contribution in [2.75, 3.05) is 6.61 Å². The van der Waals surface area contributed by atoms with Crippen molar-refractivity contribution in [3.8, 4) is 0 Å². The Morgan fingerprint density at radius 2 is 2.09 bits per heavy atom. The average Bonchev–Trinajstić information content (AvgIpc) is 2.00. The molecule has 64 valence electrons. The normalized spacial score (nSPS) is 9.27. The maximum atomic E-state index is 10.8. The Labute approximate surface area is 66.9 Å². The van der Waals surface area contributed by atoms with Crippen molar-refractivity contribution in [2.24, 2.45) is 0 Å². The van der Waals surface area contributed by atoms with Gasteiger partial charge in [0.1, 0.15) is 0 Å². The number of carbonyl (C=O) groups is 1. The quantitative estimate of drug-likeness (QED) is 0.348. The maximum Gasteiger partial charge on any atom is 0.368 e. The molecule has 0 aliphatic heterocycles. The van der Waals surface area contributed by atoms with Gasteiger partial charge in [-0.15, -0.1) is 0 Å². The molecule has 0 heterocycles. The molecule has 0 aromatic rings. The molecule has 3 heteroatoms. The highest BCUT2D eigenvalue weighted by Gasteiger charge is 2.07. The number of hydrogen-bond donors (Lipinski definition) is 0. The minimum atomic E-state index is -0.464. The molecule has 0 aliphatic rings. The third kappa shape index (κ3) is 4.56. The Kier molecular flexibility index (Phi) is 5.47. The molecule has 0 amide bonds. The van der Waals surface area contributed by atoms with Crippen molar-refractivity contribution in [1.82, 2.24) is 0 Å². The summed E-state index contributed by atoms with van der Waals surface area (Å²) < 4.78 is 0. The second kappa shape index (κ2) is 5.92. The number of hydrogen-bond acceptors (Lipinski definition) is 3. The lowest BCUT2D eigenvalue weighted by molar-refractivity contribution is -0.265. The fourth-order valence-corrected chi connectivity index (χ4v) is 0.575. The molecule has 0 rings (SSSR count). The zero-order chi connectivity index (χ0) is 8.69. The van der Waals surface area contributed by atoms with E-state index in [1.165, 1.54) is 0 Å². The molecular weight excluding hydrogens is 144 g/mol. The van der Waals surface area contributed by atoms with Crippen LogP contribution in [-0.2, 0) is 14.6 Å². The Morgan fingerprint density at radius 1 is 1.45 bits per heavy atom. The third-order valence-electron chi connectivity index (χ3n) is 1.09. The summed E-state index contributed by atoms with van der Waals surface area (Å²) in [5.41, 5.74) is 0.459. The summed E-state index contributed by atoms with van der Waals surface area (Å²) >= 11 is 0. The fraction of sp³-hybridized carbons (Fsp3) is 0.625. The van der Waals surface area contributed by atoms with Crippen molar-refractivity contribution >= 4 is 5.97 Å². The molecule has 3 nitrogen and oxygen atoms in total. The minimum Gasteiger partial charge on any atom is -0.293 e. The second-order valence-electron chi connectivity index (χ2n) is 2.13. The van der Waals surface area contributed by atoms with Gasteiger partial charge in [0.2, 0.25) is 0 Å². The highest BCUT2D eigenvalue weighted by Crippen LogP contribution is 2.03. The lowest BCUT2D eigenvalue weighted by Gasteiger charge is -2.01. The van der Waals surface area contributed by atoms with Gasteiger partial charge in [-0.25, -0.2) is 4.79 Å². The predicted molar refractivity (Wildman–Crippen MR) is 41.8 cm³/mol. The monoisotopic (exact) mass is 158 g/mol. The van der Waals surface area contributed by atoms with Gasteiger partial charge in [0, 0.05) is 5.57 Å². The Balaban J connectivity index is 3.56. The smallest absolute Gasteiger partial charge is 0.293 e. The summed E-state index contributed by atoms with van der Waals surface area (Å²) in [6.07, 6.45) is 1.55. The van der Waals surface area contributed by atoms with Gasteiger partial charge in [0.15, 0.2) is 0 Å². The van der Waals surface area contributed by atoms with E-state index in [1.54, 1.807) is 6.92 Å². The molecule has 0 aromatic carbocycles. The third-order valence-corrected chi connectivity index (χ3v) is 1.09. The first-order valence-electron chi connectivity index (χ1n) is 3.73. The number of rotatable bonds is 5. The molecule has 0 atom stereocenters. The van der Waals surface area contributed by atoms with Gasteiger partial charge in [-0.1, -0.05) is 19.9 Å². The van der Waals surface area contributed by atoms with E-state index in [9.17, 15) is 4.79 Å². The molecule has 0 aromatic heterocycles. The summed E-state index contributed by atoms with van der Waals surface area (Å²) in [5, 5.41) is 0. The maximum absolute atomic E-state index is 10.8. The van der Waals surface area contributed by atoms with Gasteiger partial charge >= 0.3 is 5.97 Å². The van der Waals surface area contributed by atoms with Gasteiger partial charge in [0.05, 0.1) is 6.61 Å². The first-order chi connectivity index (χ1) is 5.22. The molecule has 0 spiro atoms. The largest absolute Gasteiger partial charge is 0.368 e. The van der Waals surface area contributed by atoms with Crippen LogP contribution in [-0.4, -0.2) is 12.6 Å². The molecular formula is C8H14O3. The molecule has 11 heavy (non-hydrogen) atoms. The average molecular weight is 158 g/mol. The zero-order valence-corrected chi connectivity index (χ0v) is 7.05. The standard InChI is InChI=1S/C8H14O3/c1-4-6-7(3)8(9)11-10-5-2/h3-6H2,1-2H3. The fourth-order valence-electron chi connectivity index (χ4n) is 0.575. The van der Waals surface area contributed by atoms with E-state index < -0.39 is 5.97 Å². The van der Waals surface area contributed by atoms with E-state index in [0.29, 0.717) is 18.6 Å². The van der Waals surface area contributed by atoms with Gasteiger partial charge in [0.25, 0.3) is 0 Å². The summed E-state index contributed by atoms with van der Waals surface area (Å²) in [6, 6.07) is 0. The van der Waals surface area contributed by atoms with Crippen molar-refractivity contribution in [2.45, 2.75) is 26.7 Å². The molecule has 0 saturated heterocycles. The van der Waals surface area contributed by atoms with Crippen LogP contribution in [0.15, 0.2) is 12.2 Å². The topological polar surface area (TPSA) is 35.5 Å². The van der Waals surface area contributed by atoms with Crippen LogP contribution in [0.5, 0.6) is 0 Å². The summed E-state index contributed by atoms with van der Waals surface area (Å²) in [4.78, 5) is 19.7. The first kappa shape index (κ1) is 10.2. The van der Waals surface area contributed by atoms with Gasteiger partial charge in [-0.2, -0.15) is 4.89 Å². The first-order valence-corrected chi connectivity index (χ1v) is 3.73. The van der Waals surface area contributed by atoms with Crippen LogP contribution in [0.3, 0.4) is 0 Å². The Hall–Kier alpha value is -0.830. The van der Waals surface area contributed by atoms with Crippen LogP contribution in [0.25, 0.3) is 0 Å². The lowest BCUT2D eigenvalue weighted by atomic mass is 10.2. The highest BCUT2D eigenvalue weighted by atomic mass is 17.2. The van der Waals surface area contributed by atoms with Crippen LogP contribution >= 0.6 is 0 Å². The van der Waals surface area contributed by atoms with E-state index in [0.717, 1.165) is 6.42 Å². The van der Waals surface area contributed by atoms with Gasteiger partial charge in [-0.05, 0) is 13.3 Å². The van der Waals surface area contributed by atoms with Gasteiger partial charge < -0.3 is 0 Å². The van der Waals surface area contributed by atoms with Crippen LogP contribution in [0.1, 0.15) is 26.7 Å². The molecule has 0 saturated carbocycles. The SMILES string of the molecule is C=C(CCC)C(=O)OOCC. The van der Waals surface area contributed by atoms with Crippen molar-refractivity contribution in [3.63, 3.8) is 0 Å². The predicted octanol–water partition coefficient (Wildman–Crippen LogP) is 1.84. The Bertz CT molecular complexity index is 140. The summed E-state index contributed by atoms with van der Waals surface area (Å²) in [6.45, 7) is 7.63. The van der Waals surface area contributed by atoms with Crippen LogP contribution in [0, 0.1) is 0 Å². The second-order valence-corrected chi connectivity index (χ2v) is 2.13. The highest BCUT2D eigenvalue weighted by molar-refractivity contribution is 5.87. The van der Waals surface area contributed by atoms with Crippen molar-refractivity contribution in [3.05, 3.63) is 12.2 Å². The minimum absolute atomic E-state index is 0.366. The number of carbonyl (C=O) groups excluding carboxylic acids is 1. The van der Waals surface area contributed by atoms with Crippen LogP contribution in [0.2, 0.25) is 0 Å². The van der Waals surface area contributed by atoms with E-state index in [4.69, 9.17) is 0 Å². The van der Waals surface area contributed by atoms with Gasteiger partial charge in [-0.3, -0.25) is 4.89 Å². The molecule has 0 radical (unpaired) electrons. The van der Waals surface area contributed by atoms with Crippen LogP contribution in [0.4, 0.5) is 0 Å². The van der Waals surface area contributed by atoms with Crippen molar-refractivity contribution < 1.29 is 14.6 Å². The Morgan fingerprint density at radius 3 is 2.55 bits per heavy atom. The molecule has 0 N–H and O–H groups in total. The molecule has 0 unspecified atom stereocenters. The molecule has 0 fully saturated rings. The van der Waals surface area contributed by atoms with E-state index in [2.05, 4.69) is 16.4 Å². The lowest BCUT2D eigenvalue weighted by Crippen LogP contribution is -2.07. The van der Waals surface area contributed by atoms with E-state index in [1.807, 2.05) is 6.92 Å². The van der Waals surface area contributed by atoms with Crippen molar-refractivity contribution in [1.29, 1.82) is 0 Å². The van der Waals surface area contributed by atoms with Crippen LogP contribution < -0.4 is 0 Å².